The number of anilines is 1. The number of nitro groups is 1. The van der Waals surface area contributed by atoms with Crippen LogP contribution in [0.3, 0.4) is 0 Å². The zero-order valence-corrected chi connectivity index (χ0v) is 17.7. The van der Waals surface area contributed by atoms with E-state index in [1.54, 1.807) is 18.3 Å². The largest absolute Gasteiger partial charge is 1.00 e. The van der Waals surface area contributed by atoms with Gasteiger partial charge < -0.3 is 22.1 Å². The van der Waals surface area contributed by atoms with Crippen LogP contribution in [0.2, 0.25) is 0 Å². The van der Waals surface area contributed by atoms with Gasteiger partial charge in [-0.25, -0.2) is 9.47 Å². The number of hydrogen-bond donors (Lipinski definition) is 1. The number of aromatic nitrogens is 2. The molecular formula is C20H27BrN4O3. The minimum Gasteiger partial charge on any atom is -1.00 e. The number of nitro benzene ring substituents is 1. The van der Waals surface area contributed by atoms with Gasteiger partial charge in [-0.05, 0) is 18.6 Å². The number of hydrogen-bond acceptors (Lipinski definition) is 5. The number of aliphatic hydroxyl groups is 1. The number of halogens is 1. The van der Waals surface area contributed by atoms with Gasteiger partial charge in [-0.2, -0.15) is 0 Å². The molecule has 0 aliphatic carbocycles. The van der Waals surface area contributed by atoms with Crippen molar-refractivity contribution in [3.63, 3.8) is 0 Å². The molecule has 0 amide bonds. The van der Waals surface area contributed by atoms with Gasteiger partial charge in [0.05, 0.1) is 17.7 Å². The Kier molecular flexibility index (Phi) is 7.88. The predicted molar refractivity (Wildman–Crippen MR) is 102 cm³/mol. The quantitative estimate of drug-likeness (QED) is 0.257. The standard InChI is InChI=1S/C20H27N4O3.BrH/c1-2-3-4-5-6-7-15-23-19-21-13-8-14-22(19)16-20(23,25)17-9-11-18(12-10-17)24(26)27;/h8-14,25H,2-7,15-16H2,1H3;1H/q+1;/p-1/t20-;/m1./s1. The lowest BCUT2D eigenvalue weighted by molar-refractivity contribution is -0.685. The molecule has 1 aromatic carbocycles. The van der Waals surface area contributed by atoms with Gasteiger partial charge in [0, 0.05) is 23.8 Å². The van der Waals surface area contributed by atoms with E-state index in [2.05, 4.69) is 11.9 Å². The smallest absolute Gasteiger partial charge is 0.396 e. The molecule has 0 spiro atoms. The van der Waals surface area contributed by atoms with Crippen LogP contribution in [0.25, 0.3) is 0 Å². The second kappa shape index (κ2) is 9.93. The maximum atomic E-state index is 11.5. The van der Waals surface area contributed by atoms with Crippen molar-refractivity contribution in [2.24, 2.45) is 0 Å². The number of fused-ring (bicyclic) bond motifs is 1. The van der Waals surface area contributed by atoms with Crippen molar-refractivity contribution in [1.29, 1.82) is 0 Å². The average molecular weight is 451 g/mol. The molecular weight excluding hydrogens is 424 g/mol. The molecule has 0 unspecified atom stereocenters. The van der Waals surface area contributed by atoms with Crippen LogP contribution in [0.1, 0.15) is 51.0 Å². The first-order valence-electron chi connectivity index (χ1n) is 9.65. The maximum absolute atomic E-state index is 11.5. The molecule has 28 heavy (non-hydrogen) atoms. The molecule has 0 radical (unpaired) electrons. The fraction of sp³-hybridized carbons (Fsp3) is 0.500. The molecule has 2 heterocycles. The summed E-state index contributed by atoms with van der Waals surface area (Å²) in [5.74, 6) is 0.729. The molecule has 1 N–H and O–H groups in total. The summed E-state index contributed by atoms with van der Waals surface area (Å²) in [6.45, 7) is 3.24. The summed E-state index contributed by atoms with van der Waals surface area (Å²) in [5.41, 5.74) is -0.587. The maximum Gasteiger partial charge on any atom is 0.396 e. The van der Waals surface area contributed by atoms with Crippen molar-refractivity contribution in [2.75, 3.05) is 11.4 Å². The first-order chi connectivity index (χ1) is 13.1. The molecule has 3 rings (SSSR count). The van der Waals surface area contributed by atoms with Crippen LogP contribution in [0.5, 0.6) is 0 Å². The molecule has 1 atom stereocenters. The first-order valence-corrected chi connectivity index (χ1v) is 9.65. The number of benzene rings is 1. The van der Waals surface area contributed by atoms with Crippen LogP contribution in [-0.2, 0) is 12.3 Å². The van der Waals surface area contributed by atoms with Crippen molar-refractivity contribution < 1.29 is 31.6 Å². The second-order valence-electron chi connectivity index (χ2n) is 7.09. The third-order valence-electron chi connectivity index (χ3n) is 5.15. The van der Waals surface area contributed by atoms with Crippen molar-refractivity contribution in [3.8, 4) is 0 Å². The van der Waals surface area contributed by atoms with E-state index in [9.17, 15) is 15.2 Å². The van der Waals surface area contributed by atoms with Gasteiger partial charge in [-0.15, -0.1) is 0 Å². The molecule has 1 aromatic heterocycles. The highest BCUT2D eigenvalue weighted by Crippen LogP contribution is 2.34. The van der Waals surface area contributed by atoms with E-state index in [0.717, 1.165) is 18.8 Å². The normalized spacial score (nSPS) is 17.9. The van der Waals surface area contributed by atoms with Gasteiger partial charge in [-0.3, -0.25) is 10.1 Å². The predicted octanol–water partition coefficient (Wildman–Crippen LogP) is 0.307. The minimum atomic E-state index is -1.25. The lowest BCUT2D eigenvalue weighted by atomic mass is 10.0. The third kappa shape index (κ3) is 4.67. The number of unbranched alkanes of at least 4 members (excludes halogenated alkanes) is 5. The fourth-order valence-electron chi connectivity index (χ4n) is 3.66. The van der Waals surface area contributed by atoms with Crippen molar-refractivity contribution in [3.05, 3.63) is 58.4 Å². The number of rotatable bonds is 9. The Balaban J connectivity index is 0.00000280. The molecule has 1 aliphatic heterocycles. The van der Waals surface area contributed by atoms with E-state index < -0.39 is 10.6 Å². The summed E-state index contributed by atoms with van der Waals surface area (Å²) in [5, 5.41) is 22.4. The Morgan fingerprint density at radius 2 is 1.89 bits per heavy atom. The highest BCUT2D eigenvalue weighted by molar-refractivity contribution is 5.41. The molecule has 1 aliphatic rings. The van der Waals surface area contributed by atoms with Crippen molar-refractivity contribution in [1.82, 2.24) is 4.98 Å². The molecule has 152 valence electrons. The Bertz CT molecular complexity index is 787. The van der Waals surface area contributed by atoms with Crippen LogP contribution < -0.4 is 26.4 Å². The molecule has 7 nitrogen and oxygen atoms in total. The summed E-state index contributed by atoms with van der Waals surface area (Å²) < 4.78 is 1.93. The SMILES string of the molecule is CCCCCCCCN1c2nccc[n+]2C[C@@]1(O)c1ccc([N+](=O)[O-])cc1.[Br-]. The van der Waals surface area contributed by atoms with Gasteiger partial charge in [0.15, 0.2) is 0 Å². The van der Waals surface area contributed by atoms with Crippen molar-refractivity contribution in [2.45, 2.75) is 57.7 Å². The number of non-ortho nitro benzene ring substituents is 1. The highest BCUT2D eigenvalue weighted by atomic mass is 79.9. The molecule has 8 heteroatoms. The third-order valence-corrected chi connectivity index (χ3v) is 5.15. The van der Waals surface area contributed by atoms with Crippen LogP contribution in [0, 0.1) is 10.1 Å². The summed E-state index contributed by atoms with van der Waals surface area (Å²) >= 11 is 0. The van der Waals surface area contributed by atoms with Gasteiger partial charge in [0.25, 0.3) is 5.69 Å². The van der Waals surface area contributed by atoms with Gasteiger partial charge in [-0.1, -0.05) is 44.0 Å². The van der Waals surface area contributed by atoms with Crippen molar-refractivity contribution >= 4 is 11.6 Å². The van der Waals surface area contributed by atoms with Gasteiger partial charge in [0.1, 0.15) is 12.7 Å². The summed E-state index contributed by atoms with van der Waals surface area (Å²) in [7, 11) is 0. The zero-order valence-electron chi connectivity index (χ0n) is 16.1. The van der Waals surface area contributed by atoms with E-state index in [1.807, 2.05) is 21.7 Å². The van der Waals surface area contributed by atoms with E-state index in [4.69, 9.17) is 0 Å². The molecule has 2 aromatic rings. The summed E-state index contributed by atoms with van der Waals surface area (Å²) in [6.07, 6.45) is 10.6. The Labute approximate surface area is 176 Å². The van der Waals surface area contributed by atoms with E-state index in [1.165, 1.54) is 37.8 Å². The highest BCUT2D eigenvalue weighted by Gasteiger charge is 2.51. The van der Waals surface area contributed by atoms with E-state index >= 15 is 0 Å². The summed E-state index contributed by atoms with van der Waals surface area (Å²) in [6, 6.07) is 8.00. The lowest BCUT2D eigenvalue weighted by Gasteiger charge is -2.28. The van der Waals surface area contributed by atoms with Gasteiger partial charge >= 0.3 is 5.95 Å². The molecule has 0 fully saturated rings. The van der Waals surface area contributed by atoms with Crippen LogP contribution in [0.15, 0.2) is 42.7 Å². The molecule has 0 saturated heterocycles. The monoisotopic (exact) mass is 450 g/mol. The molecule has 0 bridgehead atoms. The summed E-state index contributed by atoms with van der Waals surface area (Å²) in [4.78, 5) is 16.9. The first kappa shape index (κ1) is 22.2. The minimum absolute atomic E-state index is 0. The van der Waals surface area contributed by atoms with E-state index in [0.29, 0.717) is 18.7 Å². The van der Waals surface area contributed by atoms with Crippen LogP contribution in [0.4, 0.5) is 11.6 Å². The lowest BCUT2D eigenvalue weighted by Crippen LogP contribution is -3.00. The topological polar surface area (TPSA) is 83.4 Å². The van der Waals surface area contributed by atoms with Gasteiger partial charge in [0.2, 0.25) is 5.72 Å². The molecule has 0 saturated carbocycles. The fourth-order valence-corrected chi connectivity index (χ4v) is 3.66. The Morgan fingerprint density at radius 1 is 1.21 bits per heavy atom. The van der Waals surface area contributed by atoms with E-state index in [-0.39, 0.29) is 22.7 Å². The van der Waals surface area contributed by atoms with Crippen LogP contribution in [-0.4, -0.2) is 21.6 Å². The van der Waals surface area contributed by atoms with Crippen LogP contribution >= 0.6 is 0 Å². The Hall–Kier alpha value is -2.06. The Morgan fingerprint density at radius 3 is 2.57 bits per heavy atom. The average Bonchev–Trinajstić information content (AvgIpc) is 2.97. The second-order valence-corrected chi connectivity index (χ2v) is 7.09. The number of nitrogens with zero attached hydrogens (tertiary/aromatic N) is 4. The zero-order chi connectivity index (χ0) is 19.3.